The molecule has 56 valence electrons. The van der Waals surface area contributed by atoms with Gasteiger partial charge in [0.15, 0.2) is 0 Å². The Balaban J connectivity index is 2.47. The maximum atomic E-state index is 8.10. The maximum Gasteiger partial charge on any atom is 0.0621 e. The summed E-state index contributed by atoms with van der Waals surface area (Å²) >= 11 is 0. The van der Waals surface area contributed by atoms with Crippen LogP contribution in [0.15, 0.2) is 5.11 Å². The van der Waals surface area contributed by atoms with Gasteiger partial charge in [-0.15, -0.1) is 0 Å². The number of nitrogens with zero attached hydrogens (tertiary/aromatic N) is 3. The van der Waals surface area contributed by atoms with E-state index in [1.807, 2.05) is 0 Å². The Morgan fingerprint density at radius 2 is 2.50 bits per heavy atom. The van der Waals surface area contributed by atoms with E-state index in [4.69, 9.17) is 16.0 Å². The van der Waals surface area contributed by atoms with Gasteiger partial charge in [-0.25, -0.2) is 0 Å². The second-order valence-electron chi connectivity index (χ2n) is 2.30. The monoisotopic (exact) mass is 142 g/mol. The Hall–Kier alpha value is -0.770. The molecule has 1 aliphatic heterocycles. The van der Waals surface area contributed by atoms with Gasteiger partial charge in [0.1, 0.15) is 0 Å². The number of rotatable bonds is 1. The molecule has 10 heavy (non-hydrogen) atoms. The van der Waals surface area contributed by atoms with Crippen molar-refractivity contribution in [3.8, 4) is 0 Å². The van der Waals surface area contributed by atoms with Gasteiger partial charge in [-0.2, -0.15) is 0 Å². The van der Waals surface area contributed by atoms with Crippen molar-refractivity contribution in [2.24, 2.45) is 10.8 Å². The molecular weight excluding hydrogens is 132 g/mol. The highest BCUT2D eigenvalue weighted by molar-refractivity contribution is 4.82. The molecule has 2 N–H and O–H groups in total. The van der Waals surface area contributed by atoms with Gasteiger partial charge < -0.3 is 10.5 Å². The fourth-order valence-corrected chi connectivity index (χ4v) is 0.958. The van der Waals surface area contributed by atoms with E-state index in [2.05, 4.69) is 10.0 Å². The van der Waals surface area contributed by atoms with E-state index < -0.39 is 0 Å². The summed E-state index contributed by atoms with van der Waals surface area (Å²) in [5.74, 6) is 0. The lowest BCUT2D eigenvalue weighted by Crippen LogP contribution is -2.42. The predicted octanol–water partition coefficient (Wildman–Crippen LogP) is 0.413. The summed E-state index contributed by atoms with van der Waals surface area (Å²) < 4.78 is 5.05. The van der Waals surface area contributed by atoms with Crippen LogP contribution in [-0.4, -0.2) is 25.3 Å². The lowest BCUT2D eigenvalue weighted by Gasteiger charge is -2.24. The van der Waals surface area contributed by atoms with Crippen LogP contribution in [0.5, 0.6) is 0 Å². The van der Waals surface area contributed by atoms with Crippen LogP contribution in [0, 0.1) is 0 Å². The summed E-state index contributed by atoms with van der Waals surface area (Å²) in [5.41, 5.74) is 13.7. The number of nitrogens with two attached hydrogens (primary N) is 1. The van der Waals surface area contributed by atoms with Crippen LogP contribution >= 0.6 is 0 Å². The van der Waals surface area contributed by atoms with Gasteiger partial charge in [-0.05, 0) is 12.0 Å². The van der Waals surface area contributed by atoms with E-state index in [9.17, 15) is 0 Å². The first-order valence-corrected chi connectivity index (χ1v) is 3.22. The molecule has 1 aliphatic rings. The third kappa shape index (κ3) is 1.60. The van der Waals surface area contributed by atoms with Crippen molar-refractivity contribution in [3.05, 3.63) is 10.4 Å². The SMILES string of the molecule is [N-]=[N+]=N[C@@H]1CCOC[C@@H]1N. The highest BCUT2D eigenvalue weighted by Gasteiger charge is 2.20. The number of ether oxygens (including phenoxy) is 1. The second kappa shape index (κ2) is 3.41. The zero-order valence-corrected chi connectivity index (χ0v) is 5.60. The molecule has 0 aliphatic carbocycles. The van der Waals surface area contributed by atoms with Gasteiger partial charge in [0, 0.05) is 17.6 Å². The number of hydrogen-bond acceptors (Lipinski definition) is 3. The van der Waals surface area contributed by atoms with Crippen molar-refractivity contribution in [2.75, 3.05) is 13.2 Å². The molecule has 0 amide bonds. The van der Waals surface area contributed by atoms with E-state index >= 15 is 0 Å². The molecule has 5 heteroatoms. The van der Waals surface area contributed by atoms with E-state index in [0.29, 0.717) is 13.2 Å². The molecule has 1 saturated heterocycles. The molecule has 1 heterocycles. The zero-order valence-electron chi connectivity index (χ0n) is 5.60. The Morgan fingerprint density at radius 3 is 3.10 bits per heavy atom. The molecule has 2 atom stereocenters. The van der Waals surface area contributed by atoms with Crippen molar-refractivity contribution in [2.45, 2.75) is 18.5 Å². The van der Waals surface area contributed by atoms with Crippen LogP contribution in [0.3, 0.4) is 0 Å². The summed E-state index contributed by atoms with van der Waals surface area (Å²) in [6.45, 7) is 1.15. The first kappa shape index (κ1) is 7.34. The highest BCUT2D eigenvalue weighted by Crippen LogP contribution is 2.09. The molecule has 0 saturated carbocycles. The van der Waals surface area contributed by atoms with Gasteiger partial charge in [-0.3, -0.25) is 0 Å². The van der Waals surface area contributed by atoms with Gasteiger partial charge in [0.05, 0.1) is 12.6 Å². The molecular formula is C5H10N4O. The average Bonchev–Trinajstić information content (AvgIpc) is 1.94. The van der Waals surface area contributed by atoms with Crippen LogP contribution in [0.25, 0.3) is 10.4 Å². The number of azide groups is 1. The maximum absolute atomic E-state index is 8.10. The summed E-state index contributed by atoms with van der Waals surface area (Å²) in [7, 11) is 0. The van der Waals surface area contributed by atoms with Gasteiger partial charge in [0.25, 0.3) is 0 Å². The Labute approximate surface area is 58.8 Å². The molecule has 0 aromatic carbocycles. The smallest absolute Gasteiger partial charge is 0.0621 e. The summed E-state index contributed by atoms with van der Waals surface area (Å²) in [4.78, 5) is 2.70. The van der Waals surface area contributed by atoms with E-state index in [-0.39, 0.29) is 12.1 Å². The van der Waals surface area contributed by atoms with Gasteiger partial charge >= 0.3 is 0 Å². The van der Waals surface area contributed by atoms with Crippen molar-refractivity contribution < 1.29 is 4.74 Å². The first-order valence-electron chi connectivity index (χ1n) is 3.22. The topological polar surface area (TPSA) is 84.0 Å². The summed E-state index contributed by atoms with van der Waals surface area (Å²) in [6, 6.07) is -0.191. The molecule has 0 spiro atoms. The summed E-state index contributed by atoms with van der Waals surface area (Å²) in [5, 5.41) is 3.54. The van der Waals surface area contributed by atoms with Crippen molar-refractivity contribution in [1.82, 2.24) is 0 Å². The largest absolute Gasteiger partial charge is 0.380 e. The Morgan fingerprint density at radius 1 is 1.70 bits per heavy atom. The quantitative estimate of drug-likeness (QED) is 0.326. The normalized spacial score (nSPS) is 32.9. The van der Waals surface area contributed by atoms with Crippen LogP contribution in [0.1, 0.15) is 6.42 Å². The fourth-order valence-electron chi connectivity index (χ4n) is 0.958. The highest BCUT2D eigenvalue weighted by atomic mass is 16.5. The molecule has 5 nitrogen and oxygen atoms in total. The number of hydrogen-bond donors (Lipinski definition) is 1. The predicted molar refractivity (Wildman–Crippen MR) is 36.3 cm³/mol. The van der Waals surface area contributed by atoms with Crippen LogP contribution in [0.4, 0.5) is 0 Å². The Kier molecular flexibility index (Phi) is 2.50. The minimum atomic E-state index is -0.121. The minimum Gasteiger partial charge on any atom is -0.380 e. The third-order valence-corrected chi connectivity index (χ3v) is 1.56. The molecule has 0 bridgehead atoms. The zero-order chi connectivity index (χ0) is 7.40. The van der Waals surface area contributed by atoms with Crippen LogP contribution in [-0.2, 0) is 4.74 Å². The van der Waals surface area contributed by atoms with Crippen molar-refractivity contribution in [3.63, 3.8) is 0 Å². The van der Waals surface area contributed by atoms with Crippen molar-refractivity contribution in [1.29, 1.82) is 0 Å². The first-order chi connectivity index (χ1) is 4.84. The lowest BCUT2D eigenvalue weighted by molar-refractivity contribution is 0.0712. The molecule has 0 unspecified atom stereocenters. The molecule has 0 radical (unpaired) electrons. The van der Waals surface area contributed by atoms with Crippen molar-refractivity contribution >= 4 is 0 Å². The molecule has 0 aromatic heterocycles. The second-order valence-corrected chi connectivity index (χ2v) is 2.30. The minimum absolute atomic E-state index is 0.0706. The average molecular weight is 142 g/mol. The van der Waals surface area contributed by atoms with Gasteiger partial charge in [0.2, 0.25) is 0 Å². The van der Waals surface area contributed by atoms with Gasteiger partial charge in [-0.1, -0.05) is 5.11 Å². The molecule has 1 fully saturated rings. The van der Waals surface area contributed by atoms with E-state index in [1.54, 1.807) is 0 Å². The molecule has 1 rings (SSSR count). The summed E-state index contributed by atoms with van der Waals surface area (Å²) in [6.07, 6.45) is 0.741. The lowest BCUT2D eigenvalue weighted by atomic mass is 10.1. The Bertz CT molecular complexity index is 154. The van der Waals surface area contributed by atoms with Crippen LogP contribution < -0.4 is 5.73 Å². The van der Waals surface area contributed by atoms with E-state index in [1.165, 1.54) is 0 Å². The fraction of sp³-hybridized carbons (Fsp3) is 1.00. The van der Waals surface area contributed by atoms with E-state index in [0.717, 1.165) is 6.42 Å². The molecule has 0 aromatic rings. The third-order valence-electron chi connectivity index (χ3n) is 1.56. The van der Waals surface area contributed by atoms with Crippen LogP contribution in [0.2, 0.25) is 0 Å². The standard InChI is InChI=1S/C5H10N4O/c6-4-3-10-2-1-5(4)8-9-7/h4-5H,1-3,6H2/t4-,5+/m0/s1.